The van der Waals surface area contributed by atoms with E-state index in [-0.39, 0.29) is 18.6 Å². The lowest BCUT2D eigenvalue weighted by molar-refractivity contribution is 0.0227. The molecule has 0 radical (unpaired) electrons. The smallest absolute Gasteiger partial charge is 0.189 e. The third-order valence-corrected chi connectivity index (χ3v) is 7.58. The molecule has 4 rings (SSSR count). The van der Waals surface area contributed by atoms with Crippen LogP contribution < -0.4 is 10.1 Å². The number of ether oxygens (including phenoxy) is 2. The van der Waals surface area contributed by atoms with Crippen LogP contribution in [0.5, 0.6) is 5.75 Å². The van der Waals surface area contributed by atoms with E-state index in [0.29, 0.717) is 13.2 Å². The van der Waals surface area contributed by atoms with E-state index in [1.165, 1.54) is 11.8 Å². The van der Waals surface area contributed by atoms with E-state index < -0.39 is 9.84 Å². The van der Waals surface area contributed by atoms with E-state index in [2.05, 4.69) is 57.7 Å². The van der Waals surface area contributed by atoms with Crippen molar-refractivity contribution in [3.05, 3.63) is 48.0 Å². The van der Waals surface area contributed by atoms with Crippen LogP contribution in [-0.4, -0.2) is 74.6 Å². The van der Waals surface area contributed by atoms with E-state index in [0.717, 1.165) is 72.4 Å². The number of anilines is 1. The van der Waals surface area contributed by atoms with Gasteiger partial charge in [-0.3, -0.25) is 0 Å². The Morgan fingerprint density at radius 3 is 2.68 bits per heavy atom. The molecule has 0 unspecified atom stereocenters. The van der Waals surface area contributed by atoms with Gasteiger partial charge in [-0.25, -0.2) is 8.42 Å². The highest BCUT2D eigenvalue weighted by Crippen LogP contribution is 2.36. The van der Waals surface area contributed by atoms with E-state index in [1.54, 1.807) is 0 Å². The largest absolute Gasteiger partial charge is 0.467 e. The maximum atomic E-state index is 11.6. The SMILES string of the molecule is CCCc1ccc(-c2nnc(N[C@@H]3CCCN(CCS(C)(=O)=O)C3)c3ccccc23)c(OCOCC)c1. The van der Waals surface area contributed by atoms with Crippen LogP contribution in [0.4, 0.5) is 5.82 Å². The number of piperidine rings is 1. The third kappa shape index (κ3) is 7.40. The minimum atomic E-state index is -2.98. The molecular formula is C28H38N4O4S. The summed E-state index contributed by atoms with van der Waals surface area (Å²) in [6.45, 7) is 7.12. The van der Waals surface area contributed by atoms with Crippen molar-refractivity contribution in [2.75, 3.05) is 50.4 Å². The number of aromatic nitrogens is 2. The predicted octanol–water partition coefficient (Wildman–Crippen LogP) is 4.54. The third-order valence-electron chi connectivity index (χ3n) is 6.65. The van der Waals surface area contributed by atoms with Gasteiger partial charge in [0.15, 0.2) is 12.6 Å². The van der Waals surface area contributed by atoms with Gasteiger partial charge in [0.1, 0.15) is 21.3 Å². The van der Waals surface area contributed by atoms with Gasteiger partial charge in [0, 0.05) is 48.3 Å². The first kappa shape index (κ1) is 27.3. The molecular weight excluding hydrogens is 488 g/mol. The van der Waals surface area contributed by atoms with E-state index in [4.69, 9.17) is 9.47 Å². The molecule has 2 heterocycles. The lowest BCUT2D eigenvalue weighted by Gasteiger charge is -2.33. The van der Waals surface area contributed by atoms with Crippen molar-refractivity contribution in [1.29, 1.82) is 0 Å². The van der Waals surface area contributed by atoms with Crippen molar-refractivity contribution in [3.8, 4) is 17.0 Å². The van der Waals surface area contributed by atoms with Crippen molar-refractivity contribution in [2.24, 2.45) is 0 Å². The molecule has 1 fully saturated rings. The van der Waals surface area contributed by atoms with Gasteiger partial charge in [0.2, 0.25) is 0 Å². The molecule has 0 spiro atoms. The van der Waals surface area contributed by atoms with Gasteiger partial charge in [-0.1, -0.05) is 43.7 Å². The molecule has 8 nitrogen and oxygen atoms in total. The fourth-order valence-electron chi connectivity index (χ4n) is 4.79. The Hall–Kier alpha value is -2.75. The average molecular weight is 527 g/mol. The second-order valence-electron chi connectivity index (χ2n) is 9.69. The number of rotatable bonds is 12. The van der Waals surface area contributed by atoms with Gasteiger partial charge in [0.25, 0.3) is 0 Å². The maximum absolute atomic E-state index is 11.6. The molecule has 0 aliphatic carbocycles. The van der Waals surface area contributed by atoms with Crippen LogP contribution in [-0.2, 0) is 21.0 Å². The molecule has 1 aliphatic heterocycles. The van der Waals surface area contributed by atoms with Gasteiger partial charge in [-0.2, -0.15) is 0 Å². The Morgan fingerprint density at radius 1 is 1.11 bits per heavy atom. The van der Waals surface area contributed by atoms with Crippen LogP contribution >= 0.6 is 0 Å². The number of hydrogen-bond acceptors (Lipinski definition) is 8. The molecule has 0 bridgehead atoms. The number of hydrogen-bond donors (Lipinski definition) is 1. The number of aryl methyl sites for hydroxylation is 1. The summed E-state index contributed by atoms with van der Waals surface area (Å²) in [5.74, 6) is 1.67. The molecule has 1 aromatic heterocycles. The topological polar surface area (TPSA) is 93.7 Å². The van der Waals surface area contributed by atoms with Crippen molar-refractivity contribution < 1.29 is 17.9 Å². The highest BCUT2D eigenvalue weighted by molar-refractivity contribution is 7.90. The predicted molar refractivity (Wildman–Crippen MR) is 149 cm³/mol. The van der Waals surface area contributed by atoms with E-state index >= 15 is 0 Å². The zero-order valence-corrected chi connectivity index (χ0v) is 22.9. The summed E-state index contributed by atoms with van der Waals surface area (Å²) >= 11 is 0. The van der Waals surface area contributed by atoms with E-state index in [1.807, 2.05) is 19.1 Å². The van der Waals surface area contributed by atoms with Gasteiger partial charge in [0.05, 0.1) is 5.75 Å². The van der Waals surface area contributed by atoms with Crippen LogP contribution in [0.2, 0.25) is 0 Å². The molecule has 2 aromatic carbocycles. The number of fused-ring (bicyclic) bond motifs is 1. The number of nitrogens with one attached hydrogen (secondary N) is 1. The number of benzene rings is 2. The summed E-state index contributed by atoms with van der Waals surface area (Å²) in [6, 6.07) is 14.6. The summed E-state index contributed by atoms with van der Waals surface area (Å²) in [7, 11) is -2.98. The van der Waals surface area contributed by atoms with Crippen LogP contribution in [0.1, 0.15) is 38.7 Å². The van der Waals surface area contributed by atoms with Crippen LogP contribution in [0.15, 0.2) is 42.5 Å². The van der Waals surface area contributed by atoms with Crippen LogP contribution in [0.3, 0.4) is 0 Å². The minimum absolute atomic E-state index is 0.176. The van der Waals surface area contributed by atoms with Crippen molar-refractivity contribution in [1.82, 2.24) is 15.1 Å². The van der Waals surface area contributed by atoms with Gasteiger partial charge >= 0.3 is 0 Å². The van der Waals surface area contributed by atoms with Crippen LogP contribution in [0.25, 0.3) is 22.0 Å². The summed E-state index contributed by atoms with van der Waals surface area (Å²) in [6.07, 6.45) is 5.33. The van der Waals surface area contributed by atoms with Crippen molar-refractivity contribution in [2.45, 2.75) is 45.6 Å². The monoisotopic (exact) mass is 526 g/mol. The zero-order valence-electron chi connectivity index (χ0n) is 22.1. The van der Waals surface area contributed by atoms with E-state index in [9.17, 15) is 8.42 Å². The Balaban J connectivity index is 1.61. The van der Waals surface area contributed by atoms with Gasteiger partial charge < -0.3 is 19.7 Å². The summed E-state index contributed by atoms with van der Waals surface area (Å²) in [5.41, 5.74) is 2.87. The van der Waals surface area contributed by atoms with Crippen molar-refractivity contribution >= 4 is 26.4 Å². The fourth-order valence-corrected chi connectivity index (χ4v) is 5.38. The Bertz CT molecular complexity index is 1300. The number of sulfone groups is 1. The molecule has 37 heavy (non-hydrogen) atoms. The van der Waals surface area contributed by atoms with Crippen molar-refractivity contribution in [3.63, 3.8) is 0 Å². The first-order valence-electron chi connectivity index (χ1n) is 13.1. The fraction of sp³-hybridized carbons (Fsp3) is 0.500. The Kier molecular flexibility index (Phi) is 9.34. The standard InChI is InChI=1S/C28H38N4O4S/c1-4-9-21-13-14-25(26(18-21)36-20-35-5-2)27-23-11-6-7-12-24(23)28(31-30-27)29-22-10-8-15-32(19-22)16-17-37(3,33)34/h6-7,11-14,18,22H,4-5,8-10,15-17,19-20H2,1-3H3,(H,29,31)/t22-/m1/s1. The van der Waals surface area contributed by atoms with Crippen LogP contribution in [0, 0.1) is 0 Å². The lowest BCUT2D eigenvalue weighted by Crippen LogP contribution is -2.43. The second kappa shape index (κ2) is 12.7. The molecule has 9 heteroatoms. The molecule has 1 saturated heterocycles. The summed E-state index contributed by atoms with van der Waals surface area (Å²) in [5, 5.41) is 14.9. The summed E-state index contributed by atoms with van der Waals surface area (Å²) in [4.78, 5) is 2.21. The number of likely N-dealkylation sites (tertiary alicyclic amines) is 1. The lowest BCUT2D eigenvalue weighted by atomic mass is 10.0. The second-order valence-corrected chi connectivity index (χ2v) is 12.0. The first-order valence-corrected chi connectivity index (χ1v) is 15.2. The normalized spacial score (nSPS) is 16.7. The highest BCUT2D eigenvalue weighted by atomic mass is 32.2. The quantitative estimate of drug-likeness (QED) is 0.272. The van der Waals surface area contributed by atoms with Gasteiger partial charge in [-0.05, 0) is 50.4 Å². The molecule has 1 aliphatic rings. The maximum Gasteiger partial charge on any atom is 0.189 e. The van der Waals surface area contributed by atoms with Gasteiger partial charge in [-0.15, -0.1) is 10.2 Å². The highest BCUT2D eigenvalue weighted by Gasteiger charge is 2.23. The number of nitrogens with zero attached hydrogens (tertiary/aromatic N) is 3. The average Bonchev–Trinajstić information content (AvgIpc) is 2.88. The molecule has 0 saturated carbocycles. The molecule has 3 aromatic rings. The zero-order chi connectivity index (χ0) is 26.3. The first-order chi connectivity index (χ1) is 17.9. The molecule has 1 N–H and O–H groups in total. The minimum Gasteiger partial charge on any atom is -0.467 e. The molecule has 0 amide bonds. The Labute approximate surface area is 220 Å². The Morgan fingerprint density at radius 2 is 1.92 bits per heavy atom. The molecule has 200 valence electrons. The molecule has 1 atom stereocenters. The summed E-state index contributed by atoms with van der Waals surface area (Å²) < 4.78 is 34.7.